The molecule has 0 aliphatic heterocycles. The van der Waals surface area contributed by atoms with E-state index in [1.54, 1.807) is 0 Å². The van der Waals surface area contributed by atoms with Crippen LogP contribution < -0.4 is 0 Å². The van der Waals surface area contributed by atoms with Crippen LogP contribution in [0.1, 0.15) is 0 Å². The maximum atomic E-state index is 3.62. The van der Waals surface area contributed by atoms with E-state index in [4.69, 9.17) is 0 Å². The predicted octanol–water partition coefficient (Wildman–Crippen LogP) is 6.98. The quantitative estimate of drug-likeness (QED) is 0.278. The summed E-state index contributed by atoms with van der Waals surface area (Å²) in [5.41, 5.74) is 2.39. The van der Waals surface area contributed by atoms with Crippen molar-refractivity contribution in [1.29, 1.82) is 0 Å². The van der Waals surface area contributed by atoms with Crippen molar-refractivity contribution < 1.29 is 0 Å². The summed E-state index contributed by atoms with van der Waals surface area (Å²) in [6, 6.07) is 24.3. The Balaban J connectivity index is 2.01. The van der Waals surface area contributed by atoms with Crippen LogP contribution >= 0.6 is 15.9 Å². The van der Waals surface area contributed by atoms with Gasteiger partial charge >= 0.3 is 0 Å². The van der Waals surface area contributed by atoms with Crippen molar-refractivity contribution in [2.75, 3.05) is 0 Å². The molecule has 6 aromatic rings. The molecule has 0 aliphatic carbocycles. The van der Waals surface area contributed by atoms with Crippen LogP contribution in [0.15, 0.2) is 71.2 Å². The third kappa shape index (κ3) is 1.49. The fourth-order valence-corrected chi connectivity index (χ4v) is 4.54. The van der Waals surface area contributed by atoms with Gasteiger partial charge in [0.25, 0.3) is 0 Å². The third-order valence-corrected chi connectivity index (χ3v) is 5.66. The summed E-state index contributed by atoms with van der Waals surface area (Å²) in [6.07, 6.45) is 0. The Morgan fingerprint density at radius 2 is 1.38 bits per heavy atom. The van der Waals surface area contributed by atoms with Crippen LogP contribution in [0.4, 0.5) is 0 Å². The number of fused-ring (bicyclic) bond motifs is 4. The molecule has 0 amide bonds. The van der Waals surface area contributed by atoms with Gasteiger partial charge in [-0.25, -0.2) is 0 Å². The molecule has 1 nitrogen and oxygen atoms in total. The first-order chi connectivity index (χ1) is 11.8. The lowest BCUT2D eigenvalue weighted by Gasteiger charge is -2.11. The van der Waals surface area contributed by atoms with Crippen molar-refractivity contribution in [3.63, 3.8) is 0 Å². The van der Waals surface area contributed by atoms with E-state index in [9.17, 15) is 0 Å². The molecule has 0 fully saturated rings. The number of H-pyrrole nitrogens is 1. The summed E-state index contributed by atoms with van der Waals surface area (Å²) in [4.78, 5) is 3.59. The molecule has 0 radical (unpaired) electrons. The minimum absolute atomic E-state index is 1.11. The highest BCUT2D eigenvalue weighted by Gasteiger charge is 2.14. The van der Waals surface area contributed by atoms with Gasteiger partial charge in [-0.1, -0.05) is 58.4 Å². The molecule has 0 saturated carbocycles. The molecule has 5 aromatic carbocycles. The lowest BCUT2D eigenvalue weighted by molar-refractivity contribution is 1.55. The molecule has 24 heavy (non-hydrogen) atoms. The van der Waals surface area contributed by atoms with E-state index in [-0.39, 0.29) is 0 Å². The lowest BCUT2D eigenvalue weighted by Crippen LogP contribution is -1.84. The smallest absolute Gasteiger partial charge is 0.0477 e. The highest BCUT2D eigenvalue weighted by Crippen LogP contribution is 2.41. The highest BCUT2D eigenvalue weighted by atomic mass is 79.9. The molecule has 112 valence electrons. The van der Waals surface area contributed by atoms with Crippen molar-refractivity contribution in [3.05, 3.63) is 71.2 Å². The third-order valence-electron chi connectivity index (χ3n) is 5.17. The first kappa shape index (κ1) is 12.8. The van der Waals surface area contributed by atoms with E-state index in [0.717, 1.165) is 4.47 Å². The molecule has 0 saturated heterocycles. The van der Waals surface area contributed by atoms with Crippen LogP contribution in [-0.4, -0.2) is 4.98 Å². The number of halogens is 1. The number of benzene rings is 5. The molecule has 2 heteroatoms. The van der Waals surface area contributed by atoms with E-state index in [1.165, 1.54) is 54.1 Å². The molecule has 0 atom stereocenters. The van der Waals surface area contributed by atoms with Gasteiger partial charge in [-0.05, 0) is 56.6 Å². The minimum Gasteiger partial charge on any atom is -0.354 e. The van der Waals surface area contributed by atoms with Gasteiger partial charge in [0.05, 0.1) is 0 Å². The van der Waals surface area contributed by atoms with Gasteiger partial charge in [-0.15, -0.1) is 0 Å². The largest absolute Gasteiger partial charge is 0.354 e. The average molecular weight is 370 g/mol. The Hall–Kier alpha value is -2.58. The average Bonchev–Trinajstić information content (AvgIpc) is 2.97. The normalized spacial score (nSPS) is 12.4. The van der Waals surface area contributed by atoms with E-state index in [1.807, 2.05) is 0 Å². The Morgan fingerprint density at radius 3 is 2.25 bits per heavy atom. The second-order valence-corrected chi connectivity index (χ2v) is 7.39. The van der Waals surface area contributed by atoms with E-state index in [2.05, 4.69) is 87.6 Å². The molecule has 0 unspecified atom stereocenters. The molecule has 0 spiro atoms. The molecular weight excluding hydrogens is 358 g/mol. The number of hydrogen-bond donors (Lipinski definition) is 1. The zero-order valence-electron chi connectivity index (χ0n) is 12.7. The zero-order valence-corrected chi connectivity index (χ0v) is 14.3. The number of nitrogens with one attached hydrogen (secondary N) is 1. The van der Waals surface area contributed by atoms with Crippen molar-refractivity contribution in [2.45, 2.75) is 0 Å². The maximum Gasteiger partial charge on any atom is 0.0477 e. The van der Waals surface area contributed by atoms with Gasteiger partial charge in [0.15, 0.2) is 0 Å². The first-order valence-electron chi connectivity index (χ1n) is 8.07. The van der Waals surface area contributed by atoms with Crippen molar-refractivity contribution >= 4 is 70.1 Å². The van der Waals surface area contributed by atoms with Crippen LogP contribution in [0.2, 0.25) is 0 Å². The topological polar surface area (TPSA) is 15.8 Å². The van der Waals surface area contributed by atoms with Crippen LogP contribution in [0.25, 0.3) is 54.1 Å². The van der Waals surface area contributed by atoms with Crippen LogP contribution in [0.3, 0.4) is 0 Å². The zero-order chi connectivity index (χ0) is 15.8. The number of aromatic amines is 1. The van der Waals surface area contributed by atoms with E-state index in [0.29, 0.717) is 0 Å². The monoisotopic (exact) mass is 369 g/mol. The van der Waals surface area contributed by atoms with Crippen molar-refractivity contribution in [1.82, 2.24) is 4.98 Å². The van der Waals surface area contributed by atoms with Crippen LogP contribution in [0.5, 0.6) is 0 Å². The first-order valence-corrected chi connectivity index (χ1v) is 8.86. The van der Waals surface area contributed by atoms with E-state index >= 15 is 0 Å². The molecule has 6 rings (SSSR count). The summed E-state index contributed by atoms with van der Waals surface area (Å²) in [5, 5.41) is 10.6. The van der Waals surface area contributed by atoms with Crippen molar-refractivity contribution in [3.8, 4) is 0 Å². The molecular formula is C22H12BrN. The summed E-state index contributed by atoms with van der Waals surface area (Å²) >= 11 is 3.62. The maximum absolute atomic E-state index is 3.62. The summed E-state index contributed by atoms with van der Waals surface area (Å²) in [5.74, 6) is 0. The Bertz CT molecular complexity index is 1390. The van der Waals surface area contributed by atoms with Gasteiger partial charge in [0, 0.05) is 26.3 Å². The molecule has 1 heterocycles. The minimum atomic E-state index is 1.11. The lowest BCUT2D eigenvalue weighted by atomic mass is 9.92. The van der Waals surface area contributed by atoms with Gasteiger partial charge < -0.3 is 4.98 Å². The van der Waals surface area contributed by atoms with E-state index < -0.39 is 0 Å². The number of aromatic nitrogens is 1. The fraction of sp³-hybridized carbons (Fsp3) is 0. The molecule has 0 bridgehead atoms. The second kappa shape index (κ2) is 4.28. The number of rotatable bonds is 0. The molecule has 1 aromatic heterocycles. The highest BCUT2D eigenvalue weighted by molar-refractivity contribution is 9.10. The van der Waals surface area contributed by atoms with Crippen LogP contribution in [0, 0.1) is 0 Å². The Morgan fingerprint density at radius 1 is 0.583 bits per heavy atom. The summed E-state index contributed by atoms with van der Waals surface area (Å²) in [7, 11) is 0. The summed E-state index contributed by atoms with van der Waals surface area (Å²) < 4.78 is 1.11. The number of hydrogen-bond acceptors (Lipinski definition) is 0. The van der Waals surface area contributed by atoms with Crippen LogP contribution in [-0.2, 0) is 0 Å². The molecule has 0 aliphatic rings. The SMILES string of the molecule is Brc1ccc2[nH]c3cc4ccc5cccc6ccc(c3c2c1)c4c56. The van der Waals surface area contributed by atoms with Gasteiger partial charge in [-0.2, -0.15) is 0 Å². The second-order valence-electron chi connectivity index (χ2n) is 6.47. The van der Waals surface area contributed by atoms with Gasteiger partial charge in [0.1, 0.15) is 0 Å². The predicted molar refractivity (Wildman–Crippen MR) is 107 cm³/mol. The Labute approximate surface area is 146 Å². The fourth-order valence-electron chi connectivity index (χ4n) is 4.18. The Kier molecular flexibility index (Phi) is 2.28. The van der Waals surface area contributed by atoms with Gasteiger partial charge in [-0.3, -0.25) is 0 Å². The standard InChI is InChI=1S/C22H12BrN/c23-15-7-9-18-17(11-15)22-16-8-6-13-3-1-2-12-4-5-14(10-19(22)24-18)21(16)20(12)13/h1-11,24H. The van der Waals surface area contributed by atoms with Gasteiger partial charge in [0.2, 0.25) is 0 Å². The molecule has 1 N–H and O–H groups in total. The van der Waals surface area contributed by atoms with Crippen molar-refractivity contribution in [2.24, 2.45) is 0 Å². The summed E-state index contributed by atoms with van der Waals surface area (Å²) in [6.45, 7) is 0.